The standard InChI is InChI=1S/C8H6ClF3N2O/c1-15-6-3-2-5(4-13-6)14-7(9)8(10,11)12/h2-4H,1H3. The molecule has 0 aliphatic carbocycles. The van der Waals surface area contributed by atoms with Gasteiger partial charge in [0, 0.05) is 6.07 Å². The zero-order chi connectivity index (χ0) is 11.5. The van der Waals surface area contributed by atoms with Gasteiger partial charge in [0.2, 0.25) is 11.1 Å². The Hall–Kier alpha value is -1.30. The van der Waals surface area contributed by atoms with Crippen LogP contribution in [0.3, 0.4) is 0 Å². The molecule has 0 spiro atoms. The molecule has 0 fully saturated rings. The summed E-state index contributed by atoms with van der Waals surface area (Å²) in [6.07, 6.45) is -3.51. The van der Waals surface area contributed by atoms with Gasteiger partial charge in [0.15, 0.2) is 0 Å². The predicted octanol–water partition coefficient (Wildman–Crippen LogP) is 2.92. The molecule has 15 heavy (non-hydrogen) atoms. The van der Waals surface area contributed by atoms with Gasteiger partial charge < -0.3 is 4.74 Å². The molecule has 0 aliphatic heterocycles. The van der Waals surface area contributed by atoms with Gasteiger partial charge in [-0.1, -0.05) is 11.6 Å². The van der Waals surface area contributed by atoms with E-state index in [0.717, 1.165) is 6.20 Å². The Morgan fingerprint density at radius 3 is 2.53 bits per heavy atom. The Bertz CT molecular complexity index is 361. The molecule has 0 saturated carbocycles. The van der Waals surface area contributed by atoms with E-state index in [0.29, 0.717) is 0 Å². The molecule has 7 heteroatoms. The van der Waals surface area contributed by atoms with Crippen LogP contribution in [-0.4, -0.2) is 23.4 Å². The highest BCUT2D eigenvalue weighted by atomic mass is 35.5. The van der Waals surface area contributed by atoms with E-state index in [4.69, 9.17) is 16.3 Å². The van der Waals surface area contributed by atoms with Crippen molar-refractivity contribution in [2.75, 3.05) is 7.11 Å². The molecule has 0 aliphatic rings. The predicted molar refractivity (Wildman–Crippen MR) is 49.8 cm³/mol. The lowest BCUT2D eigenvalue weighted by molar-refractivity contribution is -0.0558. The summed E-state index contributed by atoms with van der Waals surface area (Å²) in [6.45, 7) is 0. The third-order valence-electron chi connectivity index (χ3n) is 1.39. The van der Waals surface area contributed by atoms with Crippen molar-refractivity contribution in [2.45, 2.75) is 6.18 Å². The zero-order valence-electron chi connectivity index (χ0n) is 7.55. The normalized spacial score (nSPS) is 12.7. The number of alkyl halides is 3. The first kappa shape index (κ1) is 11.8. The maximum absolute atomic E-state index is 12.0. The topological polar surface area (TPSA) is 34.5 Å². The van der Waals surface area contributed by atoms with Crippen LogP contribution in [0, 0.1) is 0 Å². The first-order chi connectivity index (χ1) is 6.93. The van der Waals surface area contributed by atoms with E-state index in [1.165, 1.54) is 19.2 Å². The first-order valence-electron chi connectivity index (χ1n) is 3.75. The van der Waals surface area contributed by atoms with Gasteiger partial charge in [-0.05, 0) is 6.07 Å². The summed E-state index contributed by atoms with van der Waals surface area (Å²) in [4.78, 5) is 6.82. The zero-order valence-corrected chi connectivity index (χ0v) is 8.30. The molecule has 1 aromatic rings. The lowest BCUT2D eigenvalue weighted by Crippen LogP contribution is -2.16. The molecule has 0 atom stereocenters. The third kappa shape index (κ3) is 3.39. The number of nitrogens with zero attached hydrogens (tertiary/aromatic N) is 2. The number of ether oxygens (including phenoxy) is 1. The molecule has 0 unspecified atom stereocenters. The highest BCUT2D eigenvalue weighted by Crippen LogP contribution is 2.23. The molecule has 0 amide bonds. The lowest BCUT2D eigenvalue weighted by atomic mass is 10.4. The van der Waals surface area contributed by atoms with Gasteiger partial charge >= 0.3 is 6.18 Å². The Kier molecular flexibility index (Phi) is 3.52. The van der Waals surface area contributed by atoms with Crippen LogP contribution >= 0.6 is 11.6 Å². The molecule has 0 saturated heterocycles. The van der Waals surface area contributed by atoms with Crippen LogP contribution in [0.5, 0.6) is 5.88 Å². The number of methoxy groups -OCH3 is 1. The van der Waals surface area contributed by atoms with Crippen LogP contribution in [0.2, 0.25) is 0 Å². The Balaban J connectivity index is 2.89. The fourth-order valence-electron chi connectivity index (χ4n) is 0.736. The van der Waals surface area contributed by atoms with E-state index < -0.39 is 11.3 Å². The number of halogens is 4. The maximum Gasteiger partial charge on any atom is 0.444 e. The Labute approximate surface area is 88.6 Å². The van der Waals surface area contributed by atoms with Crippen molar-refractivity contribution in [3.05, 3.63) is 18.3 Å². The molecule has 0 radical (unpaired) electrons. The van der Waals surface area contributed by atoms with Crippen LogP contribution < -0.4 is 4.74 Å². The summed E-state index contributed by atoms with van der Waals surface area (Å²) in [6, 6.07) is 2.71. The second kappa shape index (κ2) is 4.48. The summed E-state index contributed by atoms with van der Waals surface area (Å²) < 4.78 is 40.6. The van der Waals surface area contributed by atoms with Gasteiger partial charge in [0.1, 0.15) is 0 Å². The smallest absolute Gasteiger partial charge is 0.444 e. The van der Waals surface area contributed by atoms with Crippen molar-refractivity contribution in [2.24, 2.45) is 4.99 Å². The van der Waals surface area contributed by atoms with Crippen LogP contribution in [0.25, 0.3) is 0 Å². The van der Waals surface area contributed by atoms with Crippen molar-refractivity contribution < 1.29 is 17.9 Å². The van der Waals surface area contributed by atoms with Gasteiger partial charge in [-0.2, -0.15) is 13.2 Å². The minimum atomic E-state index is -4.64. The van der Waals surface area contributed by atoms with Crippen LogP contribution in [0.1, 0.15) is 0 Å². The van der Waals surface area contributed by atoms with Gasteiger partial charge in [-0.25, -0.2) is 9.98 Å². The molecule has 1 aromatic heterocycles. The minimum Gasteiger partial charge on any atom is -0.481 e. The fourth-order valence-corrected chi connectivity index (χ4v) is 0.834. The Morgan fingerprint density at radius 1 is 1.47 bits per heavy atom. The second-order valence-electron chi connectivity index (χ2n) is 2.46. The van der Waals surface area contributed by atoms with Gasteiger partial charge in [-0.15, -0.1) is 0 Å². The van der Waals surface area contributed by atoms with Crippen LogP contribution in [0.4, 0.5) is 18.9 Å². The average molecular weight is 239 g/mol. The minimum absolute atomic E-state index is 0.0122. The monoisotopic (exact) mass is 238 g/mol. The number of aromatic nitrogens is 1. The number of rotatable bonds is 2. The van der Waals surface area contributed by atoms with Crippen molar-refractivity contribution in [1.82, 2.24) is 4.98 Å². The second-order valence-corrected chi connectivity index (χ2v) is 2.82. The quantitative estimate of drug-likeness (QED) is 0.743. The summed E-state index contributed by atoms with van der Waals surface area (Å²) in [5, 5.41) is -1.44. The van der Waals surface area contributed by atoms with Crippen molar-refractivity contribution in [3.63, 3.8) is 0 Å². The van der Waals surface area contributed by atoms with E-state index in [9.17, 15) is 13.2 Å². The molecule has 1 heterocycles. The van der Waals surface area contributed by atoms with Crippen molar-refractivity contribution >= 4 is 22.5 Å². The van der Waals surface area contributed by atoms with Crippen LogP contribution in [-0.2, 0) is 0 Å². The summed E-state index contributed by atoms with van der Waals surface area (Å²) in [5.41, 5.74) is 0.0122. The van der Waals surface area contributed by atoms with Crippen LogP contribution in [0.15, 0.2) is 23.3 Å². The number of hydrogen-bond acceptors (Lipinski definition) is 3. The van der Waals surface area contributed by atoms with Gasteiger partial charge in [0.25, 0.3) is 0 Å². The van der Waals surface area contributed by atoms with Gasteiger partial charge in [0.05, 0.1) is 19.0 Å². The molecule has 0 aromatic carbocycles. The fraction of sp³-hybridized carbons (Fsp3) is 0.250. The molecule has 3 nitrogen and oxygen atoms in total. The van der Waals surface area contributed by atoms with E-state index in [1.807, 2.05) is 0 Å². The number of aliphatic imine (C=N–C) groups is 1. The molecule has 82 valence electrons. The van der Waals surface area contributed by atoms with E-state index in [1.54, 1.807) is 0 Å². The van der Waals surface area contributed by atoms with E-state index >= 15 is 0 Å². The largest absolute Gasteiger partial charge is 0.481 e. The lowest BCUT2D eigenvalue weighted by Gasteiger charge is -2.03. The number of pyridine rings is 1. The van der Waals surface area contributed by atoms with Crippen molar-refractivity contribution in [1.29, 1.82) is 0 Å². The average Bonchev–Trinajstić information content (AvgIpc) is 2.17. The highest BCUT2D eigenvalue weighted by molar-refractivity contribution is 6.67. The molecule has 1 rings (SSSR count). The third-order valence-corrected chi connectivity index (χ3v) is 1.69. The Morgan fingerprint density at radius 2 is 2.13 bits per heavy atom. The van der Waals surface area contributed by atoms with Gasteiger partial charge in [-0.3, -0.25) is 0 Å². The molecule has 0 bridgehead atoms. The van der Waals surface area contributed by atoms with E-state index in [-0.39, 0.29) is 11.6 Å². The van der Waals surface area contributed by atoms with Crippen molar-refractivity contribution in [3.8, 4) is 5.88 Å². The number of hydrogen-bond donors (Lipinski definition) is 0. The summed E-state index contributed by atoms with van der Waals surface area (Å²) in [5.74, 6) is 0.289. The molecular weight excluding hydrogens is 233 g/mol. The summed E-state index contributed by atoms with van der Waals surface area (Å²) >= 11 is 4.93. The molecular formula is C8H6ClF3N2O. The first-order valence-corrected chi connectivity index (χ1v) is 4.12. The maximum atomic E-state index is 12.0. The SMILES string of the molecule is COc1ccc(N=C(Cl)C(F)(F)F)cn1. The molecule has 0 N–H and O–H groups in total. The van der Waals surface area contributed by atoms with E-state index in [2.05, 4.69) is 9.98 Å². The summed E-state index contributed by atoms with van der Waals surface area (Å²) in [7, 11) is 1.40. The highest BCUT2D eigenvalue weighted by Gasteiger charge is 2.34.